The highest BCUT2D eigenvalue weighted by Gasteiger charge is 2.22. The smallest absolute Gasteiger partial charge is 0.312 e. The second kappa shape index (κ2) is 7.46. The maximum Gasteiger partial charge on any atom is 0.694 e. The van der Waals surface area contributed by atoms with E-state index in [1.165, 1.54) is 7.11 Å². The summed E-state index contributed by atoms with van der Waals surface area (Å²) in [7, 11) is -4.29. The van der Waals surface area contributed by atoms with Crippen LogP contribution >= 0.6 is 15.9 Å². The summed E-state index contributed by atoms with van der Waals surface area (Å²) in [5.41, 5.74) is 0. The first kappa shape index (κ1) is 14.2. The SMILES string of the molecule is CCOP(=O)(CCCO[P+](=O)O)OC. The van der Waals surface area contributed by atoms with Gasteiger partial charge in [-0.1, -0.05) is 0 Å². The predicted molar refractivity (Wildman–Crippen MR) is 51.5 cm³/mol. The Labute approximate surface area is 84.0 Å². The number of rotatable bonds is 8. The summed E-state index contributed by atoms with van der Waals surface area (Å²) < 4.78 is 35.8. The lowest BCUT2D eigenvalue weighted by atomic mass is 10.5. The van der Waals surface area contributed by atoms with Crippen LogP contribution in [-0.2, 0) is 22.7 Å². The normalized spacial score (nSPS) is 16.4. The highest BCUT2D eigenvalue weighted by molar-refractivity contribution is 7.53. The van der Waals surface area contributed by atoms with Gasteiger partial charge in [-0.25, -0.2) is 0 Å². The molecule has 0 bridgehead atoms. The Hall–Kier alpha value is 0.170. The molecule has 0 aliphatic heterocycles. The number of hydrogen-bond acceptors (Lipinski definition) is 5. The van der Waals surface area contributed by atoms with Gasteiger partial charge in [0, 0.05) is 11.7 Å². The molecule has 2 atom stereocenters. The van der Waals surface area contributed by atoms with Crippen molar-refractivity contribution in [2.75, 3.05) is 26.5 Å². The van der Waals surface area contributed by atoms with Crippen molar-refractivity contribution < 1.29 is 27.6 Å². The molecule has 0 aliphatic rings. The van der Waals surface area contributed by atoms with E-state index in [2.05, 4.69) is 4.52 Å². The molecule has 0 rings (SSSR count). The van der Waals surface area contributed by atoms with Crippen molar-refractivity contribution in [2.45, 2.75) is 13.3 Å². The van der Waals surface area contributed by atoms with Crippen molar-refractivity contribution in [2.24, 2.45) is 0 Å². The van der Waals surface area contributed by atoms with E-state index in [4.69, 9.17) is 13.9 Å². The fourth-order valence-electron chi connectivity index (χ4n) is 0.806. The van der Waals surface area contributed by atoms with Gasteiger partial charge in [-0.15, -0.1) is 9.42 Å². The lowest BCUT2D eigenvalue weighted by molar-refractivity contribution is 0.237. The van der Waals surface area contributed by atoms with Crippen LogP contribution in [0.4, 0.5) is 0 Å². The Kier molecular flexibility index (Phi) is 7.55. The van der Waals surface area contributed by atoms with Crippen molar-refractivity contribution in [3.63, 3.8) is 0 Å². The van der Waals surface area contributed by atoms with Crippen molar-refractivity contribution in [1.82, 2.24) is 0 Å². The molecule has 2 unspecified atom stereocenters. The first-order valence-corrected chi connectivity index (χ1v) is 6.98. The molecule has 8 heteroatoms. The van der Waals surface area contributed by atoms with Gasteiger partial charge in [-0.2, -0.15) is 0 Å². The first-order valence-electron chi connectivity index (χ1n) is 4.12. The Bertz CT molecular complexity index is 218. The van der Waals surface area contributed by atoms with Gasteiger partial charge in [0.25, 0.3) is 0 Å². The molecular weight excluding hydrogens is 230 g/mol. The van der Waals surface area contributed by atoms with E-state index < -0.39 is 15.9 Å². The van der Waals surface area contributed by atoms with Gasteiger partial charge >= 0.3 is 15.9 Å². The predicted octanol–water partition coefficient (Wildman–Crippen LogP) is 1.92. The maximum absolute atomic E-state index is 11.6. The molecule has 1 N–H and O–H groups in total. The van der Waals surface area contributed by atoms with Crippen molar-refractivity contribution in [3.8, 4) is 0 Å². The zero-order valence-corrected chi connectivity index (χ0v) is 10.0. The third-order valence-corrected chi connectivity index (χ3v) is 3.86. The molecule has 0 saturated heterocycles. The van der Waals surface area contributed by atoms with E-state index in [9.17, 15) is 9.13 Å². The number of hydrogen-bond donors (Lipinski definition) is 1. The van der Waals surface area contributed by atoms with Crippen molar-refractivity contribution in [3.05, 3.63) is 0 Å². The zero-order chi connectivity index (χ0) is 11.0. The van der Waals surface area contributed by atoms with Crippen LogP contribution in [0.3, 0.4) is 0 Å². The quantitative estimate of drug-likeness (QED) is 0.519. The molecule has 0 heterocycles. The fourth-order valence-corrected chi connectivity index (χ4v) is 2.42. The molecule has 0 spiro atoms. The molecular formula is C6H15O6P2+. The monoisotopic (exact) mass is 245 g/mol. The van der Waals surface area contributed by atoms with E-state index in [-0.39, 0.29) is 12.8 Å². The van der Waals surface area contributed by atoms with Crippen LogP contribution in [0.1, 0.15) is 13.3 Å². The summed E-state index contributed by atoms with van der Waals surface area (Å²) >= 11 is 0. The molecule has 0 amide bonds. The average molecular weight is 245 g/mol. The molecule has 0 aliphatic carbocycles. The van der Waals surface area contributed by atoms with Gasteiger partial charge in [0.1, 0.15) is 6.61 Å². The van der Waals surface area contributed by atoms with Crippen LogP contribution in [-0.4, -0.2) is 31.4 Å². The van der Waals surface area contributed by atoms with Crippen LogP contribution in [0.2, 0.25) is 0 Å². The van der Waals surface area contributed by atoms with Gasteiger partial charge in [-0.05, 0) is 13.3 Å². The molecule has 84 valence electrons. The van der Waals surface area contributed by atoms with E-state index in [0.29, 0.717) is 13.0 Å². The van der Waals surface area contributed by atoms with Crippen LogP contribution in [0, 0.1) is 0 Å². The Morgan fingerprint density at radius 2 is 2.14 bits per heavy atom. The minimum Gasteiger partial charge on any atom is -0.312 e. The lowest BCUT2D eigenvalue weighted by Crippen LogP contribution is -2.00. The van der Waals surface area contributed by atoms with Crippen LogP contribution < -0.4 is 0 Å². The Morgan fingerprint density at radius 3 is 2.57 bits per heavy atom. The van der Waals surface area contributed by atoms with Crippen molar-refractivity contribution >= 4 is 15.9 Å². The highest BCUT2D eigenvalue weighted by atomic mass is 31.2. The van der Waals surface area contributed by atoms with Gasteiger partial charge in [-0.3, -0.25) is 4.57 Å². The average Bonchev–Trinajstić information content (AvgIpc) is 2.13. The van der Waals surface area contributed by atoms with Gasteiger partial charge < -0.3 is 9.05 Å². The first-order chi connectivity index (χ1) is 6.54. The Balaban J connectivity index is 3.73. The van der Waals surface area contributed by atoms with Crippen LogP contribution in [0.5, 0.6) is 0 Å². The molecule has 0 radical (unpaired) electrons. The Morgan fingerprint density at radius 1 is 1.50 bits per heavy atom. The van der Waals surface area contributed by atoms with Crippen LogP contribution in [0.15, 0.2) is 0 Å². The molecule has 0 saturated carbocycles. The van der Waals surface area contributed by atoms with E-state index in [1.807, 2.05) is 0 Å². The summed E-state index contributed by atoms with van der Waals surface area (Å²) in [5.74, 6) is 0. The van der Waals surface area contributed by atoms with E-state index >= 15 is 0 Å². The minimum absolute atomic E-state index is 0.0616. The summed E-state index contributed by atoms with van der Waals surface area (Å²) in [5, 5.41) is 0. The second-order valence-corrected chi connectivity index (χ2v) is 5.39. The van der Waals surface area contributed by atoms with Gasteiger partial charge in [0.15, 0.2) is 0 Å². The third-order valence-electron chi connectivity index (χ3n) is 1.38. The van der Waals surface area contributed by atoms with E-state index in [0.717, 1.165) is 0 Å². The second-order valence-electron chi connectivity index (χ2n) is 2.36. The summed E-state index contributed by atoms with van der Waals surface area (Å²) in [6.45, 7) is 2.08. The standard InChI is InChI=1S/C6H14O6P2/c1-3-12-14(9,10-2)6-4-5-11-13(7)8/h3-6H2,1-2H3/p+1. The molecule has 0 aromatic carbocycles. The summed E-state index contributed by atoms with van der Waals surface area (Å²) in [6.07, 6.45) is 0.535. The van der Waals surface area contributed by atoms with Gasteiger partial charge in [0.05, 0.1) is 12.8 Å². The molecule has 6 nitrogen and oxygen atoms in total. The molecule has 0 aromatic rings. The topological polar surface area (TPSA) is 82.1 Å². The summed E-state index contributed by atoms with van der Waals surface area (Å²) in [6, 6.07) is 0. The largest absolute Gasteiger partial charge is 0.694 e. The molecule has 0 aromatic heterocycles. The maximum atomic E-state index is 11.6. The third kappa shape index (κ3) is 6.60. The molecule has 0 fully saturated rings. The zero-order valence-electron chi connectivity index (χ0n) is 8.21. The van der Waals surface area contributed by atoms with E-state index in [1.54, 1.807) is 6.92 Å². The highest BCUT2D eigenvalue weighted by Crippen LogP contribution is 2.47. The lowest BCUT2D eigenvalue weighted by Gasteiger charge is -2.13. The minimum atomic E-state index is -3.02. The van der Waals surface area contributed by atoms with Crippen LogP contribution in [0.25, 0.3) is 0 Å². The van der Waals surface area contributed by atoms with Gasteiger partial charge in [0.2, 0.25) is 0 Å². The fraction of sp³-hybridized carbons (Fsp3) is 1.00. The summed E-state index contributed by atoms with van der Waals surface area (Å²) in [4.78, 5) is 8.30. The molecule has 14 heavy (non-hydrogen) atoms. The van der Waals surface area contributed by atoms with Crippen molar-refractivity contribution in [1.29, 1.82) is 0 Å².